The highest BCUT2D eigenvalue weighted by atomic mass is 16.2. The lowest BCUT2D eigenvalue weighted by atomic mass is 9.89. The number of aromatic nitrogens is 1. The van der Waals surface area contributed by atoms with Crippen LogP contribution in [0.15, 0.2) is 48.7 Å². The van der Waals surface area contributed by atoms with Gasteiger partial charge in [-0.05, 0) is 67.4 Å². The minimum absolute atomic E-state index is 0.0896. The van der Waals surface area contributed by atoms with Crippen molar-refractivity contribution in [3.8, 4) is 0 Å². The van der Waals surface area contributed by atoms with Crippen LogP contribution in [-0.4, -0.2) is 35.4 Å². The van der Waals surface area contributed by atoms with Crippen molar-refractivity contribution >= 4 is 22.5 Å². The fourth-order valence-electron chi connectivity index (χ4n) is 4.56. The number of fused-ring (bicyclic) bond motifs is 1. The summed E-state index contributed by atoms with van der Waals surface area (Å²) in [5, 5.41) is 4.52. The Kier molecular flexibility index (Phi) is 5.72. The molecule has 1 aliphatic rings. The lowest BCUT2D eigenvalue weighted by molar-refractivity contribution is -0.117. The van der Waals surface area contributed by atoms with Gasteiger partial charge in [0, 0.05) is 22.8 Å². The number of H-pyrrole nitrogens is 1. The fourth-order valence-corrected chi connectivity index (χ4v) is 4.56. The van der Waals surface area contributed by atoms with Gasteiger partial charge in [0.05, 0.1) is 6.54 Å². The predicted octanol–water partition coefficient (Wildman–Crippen LogP) is 5.42. The summed E-state index contributed by atoms with van der Waals surface area (Å²) in [6.07, 6.45) is 4.36. The minimum Gasteiger partial charge on any atom is -0.361 e. The Morgan fingerprint density at radius 1 is 1.14 bits per heavy atom. The summed E-state index contributed by atoms with van der Waals surface area (Å²) in [6.45, 7) is 8.78. The molecule has 0 unspecified atom stereocenters. The molecule has 2 aromatic carbocycles. The highest BCUT2D eigenvalue weighted by molar-refractivity contribution is 5.94. The van der Waals surface area contributed by atoms with Crippen LogP contribution in [0, 0.1) is 6.92 Å². The van der Waals surface area contributed by atoms with Crippen molar-refractivity contribution < 1.29 is 4.79 Å². The van der Waals surface area contributed by atoms with Gasteiger partial charge in [0.2, 0.25) is 5.91 Å². The maximum Gasteiger partial charge on any atom is 0.238 e. The molecular weight excluding hydrogens is 358 g/mol. The first-order valence-corrected chi connectivity index (χ1v) is 10.7. The van der Waals surface area contributed by atoms with E-state index in [2.05, 4.69) is 84.6 Å². The summed E-state index contributed by atoms with van der Waals surface area (Å²) in [5.74, 6) is 1.04. The smallest absolute Gasteiger partial charge is 0.238 e. The van der Waals surface area contributed by atoms with E-state index in [0.717, 1.165) is 37.2 Å². The van der Waals surface area contributed by atoms with Crippen LogP contribution in [0.2, 0.25) is 0 Å². The molecular formula is C25H31N3O. The highest BCUT2D eigenvalue weighted by Gasteiger charge is 2.24. The van der Waals surface area contributed by atoms with Crippen LogP contribution in [0.1, 0.15) is 55.2 Å². The Morgan fingerprint density at radius 2 is 1.90 bits per heavy atom. The number of para-hydroxylation sites is 2. The Labute approximate surface area is 173 Å². The van der Waals surface area contributed by atoms with Gasteiger partial charge in [-0.15, -0.1) is 0 Å². The van der Waals surface area contributed by atoms with Crippen LogP contribution in [0.4, 0.5) is 5.69 Å². The van der Waals surface area contributed by atoms with E-state index < -0.39 is 0 Å². The van der Waals surface area contributed by atoms with E-state index in [1.54, 1.807) is 0 Å². The number of likely N-dealkylation sites (tertiary alicyclic amines) is 1. The number of carbonyl (C=O) groups is 1. The van der Waals surface area contributed by atoms with E-state index in [-0.39, 0.29) is 5.91 Å². The van der Waals surface area contributed by atoms with E-state index in [1.165, 1.54) is 22.0 Å². The zero-order valence-electron chi connectivity index (χ0n) is 17.7. The number of hydrogen-bond acceptors (Lipinski definition) is 2. The predicted molar refractivity (Wildman–Crippen MR) is 121 cm³/mol. The van der Waals surface area contributed by atoms with Crippen LogP contribution in [0.25, 0.3) is 10.9 Å². The molecule has 0 atom stereocenters. The second kappa shape index (κ2) is 8.42. The van der Waals surface area contributed by atoms with Crippen molar-refractivity contribution in [3.63, 3.8) is 0 Å². The molecule has 1 amide bonds. The van der Waals surface area contributed by atoms with Gasteiger partial charge in [0.25, 0.3) is 0 Å². The number of aromatic amines is 1. The van der Waals surface area contributed by atoms with Gasteiger partial charge >= 0.3 is 0 Å². The number of nitrogens with zero attached hydrogens (tertiary/aromatic N) is 1. The molecule has 4 rings (SSSR count). The number of carbonyl (C=O) groups excluding carboxylic acids is 1. The van der Waals surface area contributed by atoms with Crippen LogP contribution >= 0.6 is 0 Å². The Hall–Kier alpha value is -2.59. The third-order valence-electron chi connectivity index (χ3n) is 6.21. The standard InChI is InChI=1S/C25H31N3O/c1-17(2)20-9-6-7-18(3)25(20)27-24(29)16-28-13-11-19(12-14-28)22-15-26-23-10-5-4-8-21(22)23/h4-10,15,17,19,26H,11-14,16H2,1-3H3,(H,27,29). The minimum atomic E-state index is 0.0896. The third-order valence-corrected chi connectivity index (χ3v) is 6.21. The fraction of sp³-hybridized carbons (Fsp3) is 0.400. The first-order valence-electron chi connectivity index (χ1n) is 10.7. The molecule has 0 spiro atoms. The number of hydrogen-bond donors (Lipinski definition) is 2. The molecule has 1 aromatic heterocycles. The Morgan fingerprint density at radius 3 is 2.66 bits per heavy atom. The first-order chi connectivity index (χ1) is 14.0. The van der Waals surface area contributed by atoms with E-state index in [4.69, 9.17) is 0 Å². The number of amides is 1. The maximum absolute atomic E-state index is 12.7. The number of rotatable bonds is 5. The lowest BCUT2D eigenvalue weighted by Gasteiger charge is -2.31. The quantitative estimate of drug-likeness (QED) is 0.612. The van der Waals surface area contributed by atoms with Crippen molar-refractivity contribution in [1.82, 2.24) is 9.88 Å². The number of nitrogens with one attached hydrogen (secondary N) is 2. The van der Waals surface area contributed by atoms with Crippen molar-refractivity contribution in [2.75, 3.05) is 25.0 Å². The maximum atomic E-state index is 12.7. The molecule has 2 N–H and O–H groups in total. The molecule has 0 bridgehead atoms. The van der Waals surface area contributed by atoms with Gasteiger partial charge < -0.3 is 10.3 Å². The molecule has 0 radical (unpaired) electrons. The molecule has 0 aliphatic carbocycles. The van der Waals surface area contributed by atoms with E-state index in [0.29, 0.717) is 18.4 Å². The summed E-state index contributed by atoms with van der Waals surface area (Å²) in [5.41, 5.74) is 5.95. The van der Waals surface area contributed by atoms with Crippen molar-refractivity contribution in [1.29, 1.82) is 0 Å². The summed E-state index contributed by atoms with van der Waals surface area (Å²) in [4.78, 5) is 18.4. The van der Waals surface area contributed by atoms with Gasteiger partial charge in [-0.3, -0.25) is 9.69 Å². The monoisotopic (exact) mass is 389 g/mol. The molecule has 152 valence electrons. The Balaban J connectivity index is 1.36. The highest BCUT2D eigenvalue weighted by Crippen LogP contribution is 2.33. The second-order valence-corrected chi connectivity index (χ2v) is 8.58. The number of piperidine rings is 1. The zero-order valence-corrected chi connectivity index (χ0v) is 17.7. The lowest BCUT2D eigenvalue weighted by Crippen LogP contribution is -2.38. The van der Waals surface area contributed by atoms with E-state index in [9.17, 15) is 4.79 Å². The topological polar surface area (TPSA) is 48.1 Å². The van der Waals surface area contributed by atoms with Crippen LogP contribution in [0.5, 0.6) is 0 Å². The summed E-state index contributed by atoms with van der Waals surface area (Å²) in [7, 11) is 0. The number of benzene rings is 2. The molecule has 3 aromatic rings. The van der Waals surface area contributed by atoms with Gasteiger partial charge in [0.1, 0.15) is 0 Å². The Bertz CT molecular complexity index is 996. The van der Waals surface area contributed by atoms with Gasteiger partial charge in [-0.25, -0.2) is 0 Å². The van der Waals surface area contributed by atoms with Crippen LogP contribution in [-0.2, 0) is 4.79 Å². The van der Waals surface area contributed by atoms with Crippen LogP contribution in [0.3, 0.4) is 0 Å². The van der Waals surface area contributed by atoms with Crippen molar-refractivity contribution in [2.24, 2.45) is 0 Å². The van der Waals surface area contributed by atoms with E-state index >= 15 is 0 Å². The van der Waals surface area contributed by atoms with Gasteiger partial charge in [0.15, 0.2) is 0 Å². The van der Waals surface area contributed by atoms with Gasteiger partial charge in [-0.1, -0.05) is 50.2 Å². The second-order valence-electron chi connectivity index (χ2n) is 8.58. The van der Waals surface area contributed by atoms with Crippen molar-refractivity contribution in [3.05, 3.63) is 65.4 Å². The van der Waals surface area contributed by atoms with Crippen LogP contribution < -0.4 is 5.32 Å². The normalized spacial score (nSPS) is 15.9. The summed E-state index contributed by atoms with van der Waals surface area (Å²) >= 11 is 0. The number of anilines is 1. The largest absolute Gasteiger partial charge is 0.361 e. The molecule has 0 saturated carbocycles. The summed E-state index contributed by atoms with van der Waals surface area (Å²) in [6, 6.07) is 14.8. The average molecular weight is 390 g/mol. The third kappa shape index (κ3) is 4.23. The molecule has 1 aliphatic heterocycles. The van der Waals surface area contributed by atoms with Gasteiger partial charge in [-0.2, -0.15) is 0 Å². The molecule has 1 saturated heterocycles. The molecule has 29 heavy (non-hydrogen) atoms. The SMILES string of the molecule is Cc1cccc(C(C)C)c1NC(=O)CN1CCC(c2c[nH]c3ccccc23)CC1. The molecule has 4 heteroatoms. The molecule has 2 heterocycles. The summed E-state index contributed by atoms with van der Waals surface area (Å²) < 4.78 is 0. The molecule has 1 fully saturated rings. The van der Waals surface area contributed by atoms with Crippen molar-refractivity contribution in [2.45, 2.75) is 45.4 Å². The zero-order chi connectivity index (χ0) is 20.4. The average Bonchev–Trinajstić information content (AvgIpc) is 3.14. The first kappa shape index (κ1) is 19.7. The molecule has 4 nitrogen and oxygen atoms in total. The number of aryl methyl sites for hydroxylation is 1. The van der Waals surface area contributed by atoms with E-state index in [1.807, 2.05) is 0 Å².